The Labute approximate surface area is 146 Å². The van der Waals surface area contributed by atoms with E-state index < -0.39 is 0 Å². The van der Waals surface area contributed by atoms with E-state index in [1.165, 1.54) is 47.9 Å². The molecule has 0 atom stereocenters. The van der Waals surface area contributed by atoms with E-state index in [-0.39, 0.29) is 5.41 Å². The minimum Gasteiger partial charge on any atom is -0.0683 e. The second-order valence-corrected chi connectivity index (χ2v) is 8.66. The van der Waals surface area contributed by atoms with Crippen molar-refractivity contribution >= 4 is 6.08 Å². The van der Waals surface area contributed by atoms with Gasteiger partial charge in [0, 0.05) is 0 Å². The van der Waals surface area contributed by atoms with E-state index in [0.29, 0.717) is 0 Å². The van der Waals surface area contributed by atoms with Crippen LogP contribution in [0.5, 0.6) is 0 Å². The highest BCUT2D eigenvalue weighted by Gasteiger charge is 2.23. The largest absolute Gasteiger partial charge is 0.0683 e. The molecule has 0 nitrogen and oxygen atoms in total. The maximum atomic E-state index is 2.48. The van der Waals surface area contributed by atoms with E-state index in [0.717, 1.165) is 6.42 Å². The predicted octanol–water partition coefficient (Wildman–Crippen LogP) is 6.49. The zero-order valence-corrected chi connectivity index (χ0v) is 15.5. The molecule has 24 heavy (non-hydrogen) atoms. The van der Waals surface area contributed by atoms with Crippen LogP contribution in [0.25, 0.3) is 17.2 Å². The molecule has 0 spiro atoms. The Morgan fingerprint density at radius 1 is 0.875 bits per heavy atom. The molecule has 0 aromatic heterocycles. The Kier molecular flexibility index (Phi) is 3.67. The van der Waals surface area contributed by atoms with Gasteiger partial charge in [0.05, 0.1) is 0 Å². The first-order valence-electron chi connectivity index (χ1n) is 9.39. The van der Waals surface area contributed by atoms with Gasteiger partial charge in [0.2, 0.25) is 0 Å². The Balaban J connectivity index is 1.88. The highest BCUT2D eigenvalue weighted by molar-refractivity contribution is 5.81. The first-order valence-corrected chi connectivity index (χ1v) is 9.39. The van der Waals surface area contributed by atoms with Crippen LogP contribution in [0.4, 0.5) is 0 Å². The quantitative estimate of drug-likeness (QED) is 0.564. The molecule has 124 valence electrons. The number of allylic oxidation sites excluding steroid dienone is 1. The first kappa shape index (κ1) is 15.7. The van der Waals surface area contributed by atoms with Crippen LogP contribution in [0.2, 0.25) is 0 Å². The molecule has 0 radical (unpaired) electrons. The molecule has 2 aliphatic carbocycles. The van der Waals surface area contributed by atoms with Gasteiger partial charge in [-0.15, -0.1) is 0 Å². The lowest BCUT2D eigenvalue weighted by molar-refractivity contribution is 0.590. The SMILES string of the molecule is CC1=Cc2cc3c(c(-c4ccc(C(C)(C)C)cc4)c2C1)CCCC3. The molecule has 0 heterocycles. The van der Waals surface area contributed by atoms with Gasteiger partial charge >= 0.3 is 0 Å². The third-order valence-corrected chi connectivity index (χ3v) is 5.69. The summed E-state index contributed by atoms with van der Waals surface area (Å²) in [5.74, 6) is 0. The Bertz CT molecular complexity index is 811. The Morgan fingerprint density at radius 2 is 1.58 bits per heavy atom. The summed E-state index contributed by atoms with van der Waals surface area (Å²) in [7, 11) is 0. The summed E-state index contributed by atoms with van der Waals surface area (Å²) >= 11 is 0. The second kappa shape index (κ2) is 5.62. The van der Waals surface area contributed by atoms with E-state index in [4.69, 9.17) is 0 Å². The van der Waals surface area contributed by atoms with Crippen LogP contribution in [-0.4, -0.2) is 0 Å². The van der Waals surface area contributed by atoms with Crippen molar-refractivity contribution in [3.8, 4) is 11.1 Å². The lowest BCUT2D eigenvalue weighted by atomic mass is 9.80. The molecular weight excluding hydrogens is 288 g/mol. The van der Waals surface area contributed by atoms with Crippen LogP contribution in [0.3, 0.4) is 0 Å². The summed E-state index contributed by atoms with van der Waals surface area (Å²) in [5, 5.41) is 0. The summed E-state index contributed by atoms with van der Waals surface area (Å²) < 4.78 is 0. The molecule has 0 N–H and O–H groups in total. The van der Waals surface area contributed by atoms with Gasteiger partial charge < -0.3 is 0 Å². The maximum Gasteiger partial charge on any atom is -0.00543 e. The molecule has 0 bridgehead atoms. The van der Waals surface area contributed by atoms with Gasteiger partial charge in [-0.3, -0.25) is 0 Å². The van der Waals surface area contributed by atoms with E-state index >= 15 is 0 Å². The molecule has 0 heteroatoms. The minimum absolute atomic E-state index is 0.217. The standard InChI is InChI=1S/C24H28/c1-16-13-19-15-18-7-5-6-8-21(18)23(22(19)14-16)17-9-11-20(12-10-17)24(2,3)4/h9-13,15H,5-8,14H2,1-4H3. The van der Waals surface area contributed by atoms with E-state index in [2.05, 4.69) is 64.1 Å². The van der Waals surface area contributed by atoms with E-state index in [1.807, 2.05) is 0 Å². The lowest BCUT2D eigenvalue weighted by Crippen LogP contribution is -2.11. The molecule has 0 aliphatic heterocycles. The molecule has 2 aliphatic rings. The topological polar surface area (TPSA) is 0 Å². The van der Waals surface area contributed by atoms with Crippen LogP contribution in [0.15, 0.2) is 35.9 Å². The number of rotatable bonds is 1. The van der Waals surface area contributed by atoms with Crippen LogP contribution in [0, 0.1) is 0 Å². The molecule has 0 saturated carbocycles. The molecule has 2 aromatic rings. The van der Waals surface area contributed by atoms with Crippen LogP contribution >= 0.6 is 0 Å². The van der Waals surface area contributed by atoms with Gasteiger partial charge in [-0.25, -0.2) is 0 Å². The zero-order valence-electron chi connectivity index (χ0n) is 15.5. The molecule has 0 amide bonds. The van der Waals surface area contributed by atoms with Crippen LogP contribution < -0.4 is 0 Å². The summed E-state index contributed by atoms with van der Waals surface area (Å²) in [4.78, 5) is 0. The molecule has 4 rings (SSSR count). The number of hydrogen-bond donors (Lipinski definition) is 0. The van der Waals surface area contributed by atoms with Crippen molar-refractivity contribution in [1.82, 2.24) is 0 Å². The molecule has 0 saturated heterocycles. The lowest BCUT2D eigenvalue weighted by Gasteiger charge is -2.24. The van der Waals surface area contributed by atoms with Crippen LogP contribution in [-0.2, 0) is 24.7 Å². The molecule has 0 unspecified atom stereocenters. The third-order valence-electron chi connectivity index (χ3n) is 5.69. The van der Waals surface area contributed by atoms with Crippen LogP contribution in [0.1, 0.15) is 68.4 Å². The van der Waals surface area contributed by atoms with Gasteiger partial charge in [-0.1, -0.05) is 62.8 Å². The van der Waals surface area contributed by atoms with E-state index in [9.17, 15) is 0 Å². The molecule has 0 fully saturated rings. The fourth-order valence-electron chi connectivity index (χ4n) is 4.37. The Morgan fingerprint density at radius 3 is 2.29 bits per heavy atom. The van der Waals surface area contributed by atoms with Gasteiger partial charge in [-0.05, 0) is 83.4 Å². The predicted molar refractivity (Wildman–Crippen MR) is 105 cm³/mol. The minimum atomic E-state index is 0.217. The molecule has 2 aromatic carbocycles. The highest BCUT2D eigenvalue weighted by atomic mass is 14.3. The average molecular weight is 316 g/mol. The van der Waals surface area contributed by atoms with Gasteiger partial charge in [0.15, 0.2) is 0 Å². The summed E-state index contributed by atoms with van der Waals surface area (Å²) in [6, 6.07) is 11.9. The fraction of sp³-hybridized carbons (Fsp3) is 0.417. The second-order valence-electron chi connectivity index (χ2n) is 8.66. The fourth-order valence-corrected chi connectivity index (χ4v) is 4.37. The summed E-state index contributed by atoms with van der Waals surface area (Å²) in [5.41, 5.74) is 12.4. The smallest absolute Gasteiger partial charge is 0.00543 e. The van der Waals surface area contributed by atoms with Crippen molar-refractivity contribution in [2.45, 2.75) is 65.2 Å². The van der Waals surface area contributed by atoms with Gasteiger partial charge in [0.25, 0.3) is 0 Å². The number of fused-ring (bicyclic) bond motifs is 2. The van der Waals surface area contributed by atoms with Crippen molar-refractivity contribution in [2.75, 3.05) is 0 Å². The van der Waals surface area contributed by atoms with E-state index in [1.54, 1.807) is 22.3 Å². The van der Waals surface area contributed by atoms with Crippen molar-refractivity contribution < 1.29 is 0 Å². The number of hydrogen-bond acceptors (Lipinski definition) is 0. The van der Waals surface area contributed by atoms with Gasteiger partial charge in [0.1, 0.15) is 0 Å². The Hall–Kier alpha value is -1.82. The highest BCUT2D eigenvalue weighted by Crippen LogP contribution is 2.41. The monoisotopic (exact) mass is 316 g/mol. The third kappa shape index (κ3) is 2.62. The zero-order chi connectivity index (χ0) is 16.9. The van der Waals surface area contributed by atoms with Crippen molar-refractivity contribution in [3.63, 3.8) is 0 Å². The van der Waals surface area contributed by atoms with Crippen molar-refractivity contribution in [1.29, 1.82) is 0 Å². The number of benzene rings is 2. The summed E-state index contributed by atoms with van der Waals surface area (Å²) in [6.07, 6.45) is 8.71. The summed E-state index contributed by atoms with van der Waals surface area (Å²) in [6.45, 7) is 9.14. The average Bonchev–Trinajstić information content (AvgIpc) is 2.91. The maximum absolute atomic E-state index is 2.48. The number of aryl methyl sites for hydroxylation is 1. The van der Waals surface area contributed by atoms with Gasteiger partial charge in [-0.2, -0.15) is 0 Å². The normalized spacial score (nSPS) is 16.6. The van der Waals surface area contributed by atoms with Crippen molar-refractivity contribution in [3.05, 3.63) is 63.7 Å². The first-order chi connectivity index (χ1) is 11.4. The molecular formula is C24H28. The van der Waals surface area contributed by atoms with Crippen molar-refractivity contribution in [2.24, 2.45) is 0 Å².